The number of nitrogens with one attached hydrogen (secondary N) is 2. The maximum Gasteiger partial charge on any atom is 0.313 e. The Morgan fingerprint density at radius 2 is 1.56 bits per heavy atom. The van der Waals surface area contributed by atoms with Crippen molar-refractivity contribution >= 4 is 23.4 Å². The van der Waals surface area contributed by atoms with Crippen LogP contribution in [0, 0.1) is 0 Å². The monoisotopic (exact) mass is 339 g/mol. The molecule has 3 amide bonds. The van der Waals surface area contributed by atoms with Gasteiger partial charge in [-0.15, -0.1) is 0 Å². The SMILES string of the molecule is CCc1ccc(C(C)NC(=O)C(=O)Nc2ccc(C(N)=O)cc2)cc1. The molecule has 25 heavy (non-hydrogen) atoms. The van der Waals surface area contributed by atoms with E-state index >= 15 is 0 Å². The highest BCUT2D eigenvalue weighted by Gasteiger charge is 2.17. The van der Waals surface area contributed by atoms with Crippen molar-refractivity contribution in [2.45, 2.75) is 26.3 Å². The van der Waals surface area contributed by atoms with Crippen molar-refractivity contribution in [2.24, 2.45) is 5.73 Å². The number of amides is 3. The molecule has 6 heteroatoms. The van der Waals surface area contributed by atoms with E-state index in [2.05, 4.69) is 17.6 Å². The molecule has 0 aromatic heterocycles. The van der Waals surface area contributed by atoms with Gasteiger partial charge in [0.2, 0.25) is 5.91 Å². The van der Waals surface area contributed by atoms with E-state index in [4.69, 9.17) is 5.73 Å². The summed E-state index contributed by atoms with van der Waals surface area (Å²) >= 11 is 0. The van der Waals surface area contributed by atoms with Crippen LogP contribution in [0.5, 0.6) is 0 Å². The summed E-state index contributed by atoms with van der Waals surface area (Å²) in [6.45, 7) is 3.88. The van der Waals surface area contributed by atoms with Crippen LogP contribution in [-0.4, -0.2) is 17.7 Å². The fourth-order valence-corrected chi connectivity index (χ4v) is 2.29. The van der Waals surface area contributed by atoms with Crippen molar-refractivity contribution in [1.82, 2.24) is 5.32 Å². The first-order valence-corrected chi connectivity index (χ1v) is 8.01. The first kappa shape index (κ1) is 18.2. The van der Waals surface area contributed by atoms with Crippen LogP contribution in [-0.2, 0) is 16.0 Å². The second kappa shape index (κ2) is 8.10. The second-order valence-electron chi connectivity index (χ2n) is 5.69. The summed E-state index contributed by atoms with van der Waals surface area (Å²) in [5, 5.41) is 5.14. The molecule has 2 aromatic rings. The highest BCUT2D eigenvalue weighted by Crippen LogP contribution is 2.14. The van der Waals surface area contributed by atoms with Gasteiger partial charge in [-0.1, -0.05) is 31.2 Å². The van der Waals surface area contributed by atoms with E-state index in [0.717, 1.165) is 12.0 Å². The molecule has 130 valence electrons. The molecule has 0 saturated heterocycles. The third-order valence-electron chi connectivity index (χ3n) is 3.87. The number of aryl methyl sites for hydroxylation is 1. The second-order valence-corrected chi connectivity index (χ2v) is 5.69. The predicted octanol–water partition coefficient (Wildman–Crippen LogP) is 2.16. The van der Waals surface area contributed by atoms with E-state index in [1.165, 1.54) is 29.8 Å². The molecule has 0 aliphatic rings. The lowest BCUT2D eigenvalue weighted by Crippen LogP contribution is -2.36. The number of carbonyl (C=O) groups is 3. The maximum absolute atomic E-state index is 12.0. The van der Waals surface area contributed by atoms with Gasteiger partial charge in [0.25, 0.3) is 0 Å². The van der Waals surface area contributed by atoms with Crippen molar-refractivity contribution in [3.8, 4) is 0 Å². The van der Waals surface area contributed by atoms with Crippen molar-refractivity contribution in [1.29, 1.82) is 0 Å². The van der Waals surface area contributed by atoms with Crippen LogP contribution in [0.1, 0.15) is 41.4 Å². The Labute approximate surface area is 146 Å². The quantitative estimate of drug-likeness (QED) is 0.728. The van der Waals surface area contributed by atoms with E-state index in [0.29, 0.717) is 11.3 Å². The molecule has 0 spiro atoms. The summed E-state index contributed by atoms with van der Waals surface area (Å²) in [5.74, 6) is -2.06. The van der Waals surface area contributed by atoms with Crippen molar-refractivity contribution in [2.75, 3.05) is 5.32 Å². The summed E-state index contributed by atoms with van der Waals surface area (Å²) in [6.07, 6.45) is 0.942. The zero-order valence-electron chi connectivity index (χ0n) is 14.2. The molecular weight excluding hydrogens is 318 g/mol. The summed E-state index contributed by atoms with van der Waals surface area (Å²) in [4.78, 5) is 35.0. The molecule has 6 nitrogen and oxygen atoms in total. The van der Waals surface area contributed by atoms with Crippen LogP contribution in [0.2, 0.25) is 0 Å². The summed E-state index contributed by atoms with van der Waals surface area (Å²) in [5.41, 5.74) is 8.01. The van der Waals surface area contributed by atoms with E-state index in [-0.39, 0.29) is 6.04 Å². The van der Waals surface area contributed by atoms with Gasteiger partial charge < -0.3 is 16.4 Å². The molecule has 0 saturated carbocycles. The van der Waals surface area contributed by atoms with Crippen LogP contribution in [0.3, 0.4) is 0 Å². The van der Waals surface area contributed by atoms with Gasteiger partial charge in [-0.25, -0.2) is 0 Å². The Morgan fingerprint density at radius 1 is 0.960 bits per heavy atom. The number of rotatable bonds is 5. The van der Waals surface area contributed by atoms with Gasteiger partial charge in [0, 0.05) is 11.3 Å². The van der Waals surface area contributed by atoms with Gasteiger partial charge in [0.1, 0.15) is 0 Å². The minimum atomic E-state index is -0.774. The molecular formula is C19H21N3O3. The number of nitrogens with two attached hydrogens (primary N) is 1. The molecule has 0 radical (unpaired) electrons. The molecule has 4 N–H and O–H groups in total. The average Bonchev–Trinajstić information content (AvgIpc) is 2.62. The number of benzene rings is 2. The zero-order valence-corrected chi connectivity index (χ0v) is 14.2. The highest BCUT2D eigenvalue weighted by molar-refractivity contribution is 6.39. The predicted molar refractivity (Wildman–Crippen MR) is 96.0 cm³/mol. The lowest BCUT2D eigenvalue weighted by Gasteiger charge is -2.14. The Balaban J connectivity index is 1.94. The fraction of sp³-hybridized carbons (Fsp3) is 0.211. The normalized spacial score (nSPS) is 11.4. The van der Waals surface area contributed by atoms with Gasteiger partial charge in [0.05, 0.1) is 6.04 Å². The zero-order chi connectivity index (χ0) is 18.4. The number of hydrogen-bond acceptors (Lipinski definition) is 3. The first-order chi connectivity index (χ1) is 11.9. The third-order valence-corrected chi connectivity index (χ3v) is 3.87. The van der Waals surface area contributed by atoms with Gasteiger partial charge in [-0.05, 0) is 48.7 Å². The fourth-order valence-electron chi connectivity index (χ4n) is 2.29. The van der Waals surface area contributed by atoms with E-state index in [9.17, 15) is 14.4 Å². The van der Waals surface area contributed by atoms with E-state index in [1.807, 2.05) is 31.2 Å². The van der Waals surface area contributed by atoms with Crippen LogP contribution in [0.4, 0.5) is 5.69 Å². The van der Waals surface area contributed by atoms with Crippen molar-refractivity contribution < 1.29 is 14.4 Å². The molecule has 2 rings (SSSR count). The van der Waals surface area contributed by atoms with Crippen LogP contribution < -0.4 is 16.4 Å². The van der Waals surface area contributed by atoms with Crippen molar-refractivity contribution in [3.05, 3.63) is 65.2 Å². The molecule has 1 unspecified atom stereocenters. The lowest BCUT2D eigenvalue weighted by molar-refractivity contribution is -0.136. The number of carbonyl (C=O) groups excluding carboxylic acids is 3. The Kier molecular flexibility index (Phi) is 5.89. The standard InChI is InChI=1S/C19H21N3O3/c1-3-13-4-6-14(7-5-13)12(2)21-18(24)19(25)22-16-10-8-15(9-11-16)17(20)23/h4-12H,3H2,1-2H3,(H2,20,23)(H,21,24)(H,22,25). The molecule has 1 atom stereocenters. The Morgan fingerprint density at radius 3 is 2.08 bits per heavy atom. The number of anilines is 1. The van der Waals surface area contributed by atoms with Gasteiger partial charge in [0.15, 0.2) is 0 Å². The van der Waals surface area contributed by atoms with E-state index < -0.39 is 17.7 Å². The third kappa shape index (κ3) is 4.91. The molecule has 0 fully saturated rings. The minimum Gasteiger partial charge on any atom is -0.366 e. The summed E-state index contributed by atoms with van der Waals surface area (Å²) in [7, 11) is 0. The Hall–Kier alpha value is -3.15. The van der Waals surface area contributed by atoms with Crippen LogP contribution >= 0.6 is 0 Å². The van der Waals surface area contributed by atoms with Crippen LogP contribution in [0.25, 0.3) is 0 Å². The lowest BCUT2D eigenvalue weighted by atomic mass is 10.1. The molecule has 0 bridgehead atoms. The molecule has 2 aromatic carbocycles. The molecule has 0 aliphatic heterocycles. The number of hydrogen-bond donors (Lipinski definition) is 3. The average molecular weight is 339 g/mol. The smallest absolute Gasteiger partial charge is 0.313 e. The van der Waals surface area contributed by atoms with Crippen molar-refractivity contribution in [3.63, 3.8) is 0 Å². The molecule has 0 aliphatic carbocycles. The largest absolute Gasteiger partial charge is 0.366 e. The van der Waals surface area contributed by atoms with Gasteiger partial charge >= 0.3 is 11.8 Å². The summed E-state index contributed by atoms with van der Waals surface area (Å²) in [6, 6.07) is 13.6. The molecule has 0 heterocycles. The van der Waals surface area contributed by atoms with Gasteiger partial charge in [-0.3, -0.25) is 14.4 Å². The Bertz CT molecular complexity index is 768. The minimum absolute atomic E-state index is 0.290. The summed E-state index contributed by atoms with van der Waals surface area (Å²) < 4.78 is 0. The topological polar surface area (TPSA) is 101 Å². The highest BCUT2D eigenvalue weighted by atomic mass is 16.2. The van der Waals surface area contributed by atoms with Gasteiger partial charge in [-0.2, -0.15) is 0 Å². The number of primary amides is 1. The first-order valence-electron chi connectivity index (χ1n) is 8.01. The van der Waals surface area contributed by atoms with E-state index in [1.54, 1.807) is 0 Å². The van der Waals surface area contributed by atoms with Crippen LogP contribution in [0.15, 0.2) is 48.5 Å². The maximum atomic E-state index is 12.0.